The average Bonchev–Trinajstić information content (AvgIpc) is 2.76. The van der Waals surface area contributed by atoms with Gasteiger partial charge in [-0.1, -0.05) is 20.8 Å². The smallest absolute Gasteiger partial charge is 0.245 e. The summed E-state index contributed by atoms with van der Waals surface area (Å²) in [7, 11) is 0. The van der Waals surface area contributed by atoms with Crippen LogP contribution in [-0.4, -0.2) is 26.1 Å². The van der Waals surface area contributed by atoms with Crippen LogP contribution >= 0.6 is 11.7 Å². The van der Waals surface area contributed by atoms with E-state index in [0.29, 0.717) is 11.8 Å². The maximum atomic E-state index is 9.67. The molecule has 1 aromatic heterocycles. The third kappa shape index (κ3) is 2.89. The summed E-state index contributed by atoms with van der Waals surface area (Å²) in [6, 6.07) is 0. The minimum absolute atomic E-state index is 0. The molecule has 1 heterocycles. The first-order valence-electron chi connectivity index (χ1n) is 4.92. The van der Waals surface area contributed by atoms with Gasteiger partial charge in [0.15, 0.2) is 0 Å². The Hall–Kier alpha value is -0.680. The van der Waals surface area contributed by atoms with Crippen molar-refractivity contribution in [2.45, 2.75) is 45.8 Å². The van der Waals surface area contributed by atoms with E-state index in [1.165, 1.54) is 0 Å². The van der Waals surface area contributed by atoms with Crippen LogP contribution in [0.1, 0.15) is 33.6 Å². The molecule has 0 amide bonds. The predicted octanol–water partition coefficient (Wildman–Crippen LogP) is 2.10. The van der Waals surface area contributed by atoms with Crippen LogP contribution in [0.3, 0.4) is 0 Å². The van der Waals surface area contributed by atoms with Gasteiger partial charge in [0.1, 0.15) is 12.3 Å². The standard InChI is InChI=1S/C9H14N2O2S.CH4/c1-2-6-3-7(4-8(6)12)13-9-5-10-14-11-9;/h5-8,12H,2-4H2,1H3;1H4/t6-,7+,8-;/m0./s1. The maximum absolute atomic E-state index is 9.67. The van der Waals surface area contributed by atoms with Crippen molar-refractivity contribution in [3.05, 3.63) is 6.20 Å². The van der Waals surface area contributed by atoms with Crippen LogP contribution in [0.4, 0.5) is 0 Å². The van der Waals surface area contributed by atoms with Crippen LogP contribution in [0.15, 0.2) is 6.20 Å². The monoisotopic (exact) mass is 230 g/mol. The second kappa shape index (κ2) is 5.42. The Kier molecular flexibility index (Phi) is 4.47. The summed E-state index contributed by atoms with van der Waals surface area (Å²) in [6.07, 6.45) is 4.17. The summed E-state index contributed by atoms with van der Waals surface area (Å²) in [5, 5.41) is 9.67. The van der Waals surface area contributed by atoms with Crippen molar-refractivity contribution in [1.82, 2.24) is 8.75 Å². The summed E-state index contributed by atoms with van der Waals surface area (Å²) < 4.78 is 13.4. The number of hydrogen-bond acceptors (Lipinski definition) is 5. The van der Waals surface area contributed by atoms with Crippen molar-refractivity contribution in [2.24, 2.45) is 5.92 Å². The van der Waals surface area contributed by atoms with Crippen molar-refractivity contribution in [3.63, 3.8) is 0 Å². The van der Waals surface area contributed by atoms with Crippen LogP contribution in [0.25, 0.3) is 0 Å². The van der Waals surface area contributed by atoms with Crippen molar-refractivity contribution in [2.75, 3.05) is 0 Å². The van der Waals surface area contributed by atoms with E-state index < -0.39 is 0 Å². The highest BCUT2D eigenvalue weighted by molar-refractivity contribution is 6.99. The SMILES string of the molecule is C.CC[C@H]1C[C@@H](Oc2cnsn2)C[C@@H]1O. The molecule has 15 heavy (non-hydrogen) atoms. The predicted molar refractivity (Wildman–Crippen MR) is 60.1 cm³/mol. The Labute approximate surface area is 94.6 Å². The van der Waals surface area contributed by atoms with Crippen molar-refractivity contribution >= 4 is 11.7 Å². The van der Waals surface area contributed by atoms with Crippen LogP contribution in [0.5, 0.6) is 5.88 Å². The number of aliphatic hydroxyl groups excluding tert-OH is 1. The fourth-order valence-corrected chi connectivity index (χ4v) is 2.32. The molecule has 0 saturated heterocycles. The number of nitrogens with zero attached hydrogens (tertiary/aromatic N) is 2. The zero-order chi connectivity index (χ0) is 9.97. The molecule has 0 spiro atoms. The van der Waals surface area contributed by atoms with Gasteiger partial charge >= 0.3 is 0 Å². The van der Waals surface area contributed by atoms with Gasteiger partial charge in [-0.3, -0.25) is 0 Å². The molecule has 4 nitrogen and oxygen atoms in total. The third-order valence-corrected chi connectivity index (χ3v) is 3.23. The zero-order valence-electron chi connectivity index (χ0n) is 8.09. The minimum atomic E-state index is -0.211. The Morgan fingerprint density at radius 3 is 2.93 bits per heavy atom. The lowest BCUT2D eigenvalue weighted by Gasteiger charge is -2.09. The second-order valence-electron chi connectivity index (χ2n) is 3.69. The average molecular weight is 230 g/mol. The molecule has 5 heteroatoms. The normalized spacial score (nSPS) is 29.9. The fourth-order valence-electron chi connectivity index (χ4n) is 1.97. The molecule has 3 atom stereocenters. The number of aromatic nitrogens is 2. The molecule has 1 fully saturated rings. The summed E-state index contributed by atoms with van der Waals surface area (Å²) in [5.41, 5.74) is 0. The van der Waals surface area contributed by atoms with E-state index in [4.69, 9.17) is 4.74 Å². The highest BCUT2D eigenvalue weighted by Gasteiger charge is 2.33. The fraction of sp³-hybridized carbons (Fsp3) is 0.800. The minimum Gasteiger partial charge on any atom is -0.473 e. The quantitative estimate of drug-likeness (QED) is 0.864. The lowest BCUT2D eigenvalue weighted by atomic mass is 10.0. The number of aliphatic hydroxyl groups is 1. The molecule has 0 unspecified atom stereocenters. The molecule has 0 bridgehead atoms. The summed E-state index contributed by atoms with van der Waals surface area (Å²) in [6.45, 7) is 2.10. The molecule has 2 rings (SSSR count). The first kappa shape index (κ1) is 12.4. The highest BCUT2D eigenvalue weighted by atomic mass is 32.1. The Morgan fingerprint density at radius 2 is 2.40 bits per heavy atom. The lowest BCUT2D eigenvalue weighted by molar-refractivity contribution is 0.122. The van der Waals surface area contributed by atoms with E-state index in [9.17, 15) is 5.11 Å². The number of rotatable bonds is 3. The molecule has 1 aliphatic rings. The van der Waals surface area contributed by atoms with Gasteiger partial charge in [0.25, 0.3) is 0 Å². The van der Waals surface area contributed by atoms with Crippen molar-refractivity contribution in [3.8, 4) is 5.88 Å². The zero-order valence-corrected chi connectivity index (χ0v) is 8.91. The molecule has 0 aromatic carbocycles. The third-order valence-electron chi connectivity index (χ3n) is 2.77. The molecule has 1 N–H and O–H groups in total. The van der Waals surface area contributed by atoms with Crippen LogP contribution in [0, 0.1) is 5.92 Å². The van der Waals surface area contributed by atoms with Crippen LogP contribution < -0.4 is 4.74 Å². The molecular formula is C10H18N2O2S. The summed E-state index contributed by atoms with van der Waals surface area (Å²) in [5.74, 6) is 0.968. The molecule has 0 radical (unpaired) electrons. The molecule has 1 saturated carbocycles. The van der Waals surface area contributed by atoms with E-state index in [0.717, 1.165) is 31.0 Å². The largest absolute Gasteiger partial charge is 0.473 e. The van der Waals surface area contributed by atoms with Gasteiger partial charge in [0.05, 0.1) is 17.8 Å². The molecule has 0 aliphatic heterocycles. The first-order chi connectivity index (χ1) is 6.79. The Balaban J connectivity index is 0.00000112. The van der Waals surface area contributed by atoms with Gasteiger partial charge in [-0.05, 0) is 12.3 Å². The van der Waals surface area contributed by atoms with E-state index >= 15 is 0 Å². The van der Waals surface area contributed by atoms with Crippen LogP contribution in [-0.2, 0) is 0 Å². The van der Waals surface area contributed by atoms with Gasteiger partial charge < -0.3 is 9.84 Å². The van der Waals surface area contributed by atoms with Gasteiger partial charge in [-0.2, -0.15) is 4.37 Å². The van der Waals surface area contributed by atoms with Crippen LogP contribution in [0.2, 0.25) is 0 Å². The van der Waals surface area contributed by atoms with E-state index in [-0.39, 0.29) is 19.6 Å². The van der Waals surface area contributed by atoms with Gasteiger partial charge in [0.2, 0.25) is 5.88 Å². The molecule has 1 aliphatic carbocycles. The second-order valence-corrected chi connectivity index (χ2v) is 4.25. The Bertz CT molecular complexity index is 279. The van der Waals surface area contributed by atoms with Gasteiger partial charge in [0, 0.05) is 6.42 Å². The summed E-state index contributed by atoms with van der Waals surface area (Å²) in [4.78, 5) is 0. The molecule has 1 aromatic rings. The first-order valence-corrected chi connectivity index (χ1v) is 5.65. The number of hydrogen-bond donors (Lipinski definition) is 1. The summed E-state index contributed by atoms with van der Waals surface area (Å²) >= 11 is 1.14. The molecule has 86 valence electrons. The van der Waals surface area contributed by atoms with Crippen molar-refractivity contribution < 1.29 is 9.84 Å². The van der Waals surface area contributed by atoms with E-state index in [2.05, 4.69) is 15.7 Å². The lowest BCUT2D eigenvalue weighted by Crippen LogP contribution is -2.13. The van der Waals surface area contributed by atoms with E-state index in [1.54, 1.807) is 6.20 Å². The van der Waals surface area contributed by atoms with E-state index in [1.807, 2.05) is 0 Å². The van der Waals surface area contributed by atoms with Crippen molar-refractivity contribution in [1.29, 1.82) is 0 Å². The highest BCUT2D eigenvalue weighted by Crippen LogP contribution is 2.31. The van der Waals surface area contributed by atoms with Gasteiger partial charge in [-0.15, -0.1) is 4.37 Å². The topological polar surface area (TPSA) is 55.2 Å². The maximum Gasteiger partial charge on any atom is 0.245 e. The van der Waals surface area contributed by atoms with Gasteiger partial charge in [-0.25, -0.2) is 0 Å². The Morgan fingerprint density at radius 1 is 1.60 bits per heavy atom. The molecular weight excluding hydrogens is 212 g/mol. The number of ether oxygens (including phenoxy) is 1.